The van der Waals surface area contributed by atoms with E-state index < -0.39 is 0 Å². The largest absolute Gasteiger partial charge is 0.456 e. The van der Waals surface area contributed by atoms with E-state index >= 15 is 0 Å². The first-order chi connectivity index (χ1) is 10.6. The maximum Gasteiger partial charge on any atom is 0.307 e. The highest BCUT2D eigenvalue weighted by Crippen LogP contribution is 2.21. The second kappa shape index (κ2) is 9.06. The molecule has 0 aromatic heterocycles. The van der Waals surface area contributed by atoms with Gasteiger partial charge >= 0.3 is 5.97 Å². The third-order valence-electron chi connectivity index (χ3n) is 3.47. The highest BCUT2D eigenvalue weighted by Gasteiger charge is 2.17. The van der Waals surface area contributed by atoms with Crippen LogP contribution in [0.2, 0.25) is 5.02 Å². The van der Waals surface area contributed by atoms with E-state index in [9.17, 15) is 9.59 Å². The molecule has 0 radical (unpaired) electrons. The number of rotatable bonds is 7. The van der Waals surface area contributed by atoms with Crippen molar-refractivity contribution in [3.05, 3.63) is 29.3 Å². The summed E-state index contributed by atoms with van der Waals surface area (Å²) >= 11 is 7.36. The molecular weight excluding hydrogens is 322 g/mol. The topological polar surface area (TPSA) is 55.4 Å². The molecule has 0 aliphatic heterocycles. The number of carbonyl (C=O) groups excluding carboxylic acids is 2. The van der Waals surface area contributed by atoms with E-state index in [1.54, 1.807) is 11.8 Å². The van der Waals surface area contributed by atoms with Gasteiger partial charge in [0.15, 0.2) is 6.61 Å². The Morgan fingerprint density at radius 1 is 1.23 bits per heavy atom. The highest BCUT2D eigenvalue weighted by atomic mass is 35.5. The average Bonchev–Trinajstić information content (AvgIpc) is 3.00. The first-order valence-electron chi connectivity index (χ1n) is 7.47. The number of amides is 1. The average molecular weight is 342 g/mol. The fourth-order valence-electron chi connectivity index (χ4n) is 2.34. The van der Waals surface area contributed by atoms with Gasteiger partial charge in [-0.1, -0.05) is 24.4 Å². The van der Waals surface area contributed by atoms with Crippen LogP contribution in [0, 0.1) is 0 Å². The van der Waals surface area contributed by atoms with Gasteiger partial charge < -0.3 is 10.1 Å². The fraction of sp³-hybridized carbons (Fsp3) is 0.500. The Balaban J connectivity index is 1.57. The van der Waals surface area contributed by atoms with Crippen molar-refractivity contribution in [2.24, 2.45) is 0 Å². The van der Waals surface area contributed by atoms with Crippen LogP contribution in [0.15, 0.2) is 29.2 Å². The summed E-state index contributed by atoms with van der Waals surface area (Å²) in [6.07, 6.45) is 4.65. The van der Waals surface area contributed by atoms with E-state index in [0.29, 0.717) is 10.8 Å². The molecule has 1 N–H and O–H groups in total. The van der Waals surface area contributed by atoms with Gasteiger partial charge in [0.2, 0.25) is 0 Å². The van der Waals surface area contributed by atoms with E-state index in [1.807, 2.05) is 24.3 Å². The van der Waals surface area contributed by atoms with Gasteiger partial charge in [0.05, 0.1) is 6.42 Å². The molecule has 0 bridgehead atoms. The predicted molar refractivity (Wildman–Crippen MR) is 88.2 cm³/mol. The lowest BCUT2D eigenvalue weighted by molar-refractivity contribution is -0.148. The molecule has 0 heterocycles. The molecule has 0 saturated heterocycles. The number of halogens is 1. The standard InChI is InChI=1S/C16H20ClNO3S/c17-12-5-7-14(8-6-12)22-10-9-16(20)21-11-15(19)18-13-3-1-2-4-13/h5-8,13H,1-4,9-11H2,(H,18,19). The molecule has 1 aromatic rings. The van der Waals surface area contributed by atoms with Crippen molar-refractivity contribution in [3.63, 3.8) is 0 Å². The van der Waals surface area contributed by atoms with Crippen LogP contribution in [-0.4, -0.2) is 30.3 Å². The molecule has 6 heteroatoms. The van der Waals surface area contributed by atoms with Gasteiger partial charge in [0.1, 0.15) is 0 Å². The lowest BCUT2D eigenvalue weighted by Gasteiger charge is -2.11. The third kappa shape index (κ3) is 6.28. The lowest BCUT2D eigenvalue weighted by Crippen LogP contribution is -2.35. The maximum absolute atomic E-state index is 11.6. The van der Waals surface area contributed by atoms with E-state index in [2.05, 4.69) is 5.32 Å². The minimum Gasteiger partial charge on any atom is -0.456 e. The molecular formula is C16H20ClNO3S. The molecule has 1 aliphatic rings. The molecule has 1 fully saturated rings. The summed E-state index contributed by atoms with van der Waals surface area (Å²) in [4.78, 5) is 24.3. The quantitative estimate of drug-likeness (QED) is 0.610. The number of benzene rings is 1. The van der Waals surface area contributed by atoms with E-state index in [0.717, 1.165) is 30.6 Å². The van der Waals surface area contributed by atoms with Crippen LogP contribution in [0.3, 0.4) is 0 Å². The van der Waals surface area contributed by atoms with Gasteiger partial charge in [-0.2, -0.15) is 0 Å². The van der Waals surface area contributed by atoms with Gasteiger partial charge in [0.25, 0.3) is 5.91 Å². The molecule has 0 unspecified atom stereocenters. The van der Waals surface area contributed by atoms with Gasteiger partial charge in [-0.05, 0) is 37.1 Å². The zero-order chi connectivity index (χ0) is 15.8. The van der Waals surface area contributed by atoms with Crippen LogP contribution >= 0.6 is 23.4 Å². The Bertz CT molecular complexity index is 501. The number of hydrogen-bond donors (Lipinski definition) is 1. The zero-order valence-electron chi connectivity index (χ0n) is 12.3. The Labute approximate surface area is 139 Å². The van der Waals surface area contributed by atoms with Crippen molar-refractivity contribution in [1.82, 2.24) is 5.32 Å². The normalized spacial score (nSPS) is 14.8. The van der Waals surface area contributed by atoms with Crippen molar-refractivity contribution in [1.29, 1.82) is 0 Å². The summed E-state index contributed by atoms with van der Waals surface area (Å²) in [6, 6.07) is 7.71. The molecule has 1 aliphatic carbocycles. The summed E-state index contributed by atoms with van der Waals surface area (Å²) in [6.45, 7) is -0.180. The lowest BCUT2D eigenvalue weighted by atomic mass is 10.2. The Morgan fingerprint density at radius 3 is 2.59 bits per heavy atom. The van der Waals surface area contributed by atoms with Gasteiger partial charge in [0, 0.05) is 21.7 Å². The van der Waals surface area contributed by atoms with E-state index in [1.165, 1.54) is 0 Å². The zero-order valence-corrected chi connectivity index (χ0v) is 13.9. The second-order valence-corrected chi connectivity index (χ2v) is 6.87. The monoisotopic (exact) mass is 341 g/mol. The van der Waals surface area contributed by atoms with Crippen LogP contribution in [0.1, 0.15) is 32.1 Å². The van der Waals surface area contributed by atoms with Gasteiger partial charge in [-0.25, -0.2) is 0 Å². The number of thioether (sulfide) groups is 1. The highest BCUT2D eigenvalue weighted by molar-refractivity contribution is 7.99. The summed E-state index contributed by atoms with van der Waals surface area (Å²) in [5, 5.41) is 3.58. The maximum atomic E-state index is 11.6. The number of esters is 1. The summed E-state index contributed by atoms with van der Waals surface area (Å²) in [7, 11) is 0. The van der Waals surface area contributed by atoms with Crippen molar-refractivity contribution in [2.75, 3.05) is 12.4 Å². The predicted octanol–water partition coefficient (Wildman–Crippen LogP) is 3.42. The smallest absolute Gasteiger partial charge is 0.307 e. The van der Waals surface area contributed by atoms with Crippen LogP contribution in [-0.2, 0) is 14.3 Å². The van der Waals surface area contributed by atoms with Crippen LogP contribution in [0.4, 0.5) is 0 Å². The fourth-order valence-corrected chi connectivity index (χ4v) is 3.30. The van der Waals surface area contributed by atoms with Gasteiger partial charge in [-0.3, -0.25) is 9.59 Å². The number of carbonyl (C=O) groups is 2. The van der Waals surface area contributed by atoms with Gasteiger partial charge in [-0.15, -0.1) is 11.8 Å². The molecule has 1 saturated carbocycles. The van der Waals surface area contributed by atoms with Crippen molar-refractivity contribution in [3.8, 4) is 0 Å². The Morgan fingerprint density at radius 2 is 1.91 bits per heavy atom. The number of hydrogen-bond acceptors (Lipinski definition) is 4. The van der Waals surface area contributed by atoms with Crippen molar-refractivity contribution >= 4 is 35.2 Å². The second-order valence-electron chi connectivity index (χ2n) is 5.26. The first kappa shape index (κ1) is 17.2. The third-order valence-corrected chi connectivity index (χ3v) is 4.74. The van der Waals surface area contributed by atoms with Crippen LogP contribution in [0.25, 0.3) is 0 Å². The minimum absolute atomic E-state index is 0.180. The molecule has 1 amide bonds. The molecule has 0 spiro atoms. The molecule has 0 atom stereocenters. The van der Waals surface area contributed by atoms with E-state index in [4.69, 9.17) is 16.3 Å². The molecule has 4 nitrogen and oxygen atoms in total. The summed E-state index contributed by atoms with van der Waals surface area (Å²) < 4.78 is 4.99. The van der Waals surface area contributed by atoms with Crippen molar-refractivity contribution < 1.29 is 14.3 Å². The van der Waals surface area contributed by atoms with E-state index in [-0.39, 0.29) is 30.9 Å². The molecule has 22 heavy (non-hydrogen) atoms. The SMILES string of the molecule is O=C(COC(=O)CCSc1ccc(Cl)cc1)NC1CCCC1. The molecule has 1 aromatic carbocycles. The molecule has 2 rings (SSSR count). The Hall–Kier alpha value is -1.20. The number of nitrogens with one attached hydrogen (secondary N) is 1. The van der Waals surface area contributed by atoms with Crippen molar-refractivity contribution in [2.45, 2.75) is 43.0 Å². The van der Waals surface area contributed by atoms with Crippen LogP contribution < -0.4 is 5.32 Å². The van der Waals surface area contributed by atoms with Crippen LogP contribution in [0.5, 0.6) is 0 Å². The summed E-state index contributed by atoms with van der Waals surface area (Å²) in [5.74, 6) is 0.0682. The minimum atomic E-state index is -0.344. The Kier molecular flexibility index (Phi) is 7.06. The first-order valence-corrected chi connectivity index (χ1v) is 8.83. The number of ether oxygens (including phenoxy) is 1. The summed E-state index contributed by atoms with van der Waals surface area (Å²) in [5.41, 5.74) is 0. The molecule has 120 valence electrons.